The number of para-hydroxylation sites is 1. The largest absolute Gasteiger partial charge is 0.339 e. The van der Waals surface area contributed by atoms with Gasteiger partial charge in [-0.05, 0) is 42.2 Å². The fraction of sp³-hybridized carbons (Fsp3) is 0.211. The molecular weight excluding hydrogens is 298 g/mol. The van der Waals surface area contributed by atoms with Crippen LogP contribution in [0.4, 0.5) is 23.1 Å². The van der Waals surface area contributed by atoms with E-state index in [0.29, 0.717) is 11.8 Å². The second-order valence-corrected chi connectivity index (χ2v) is 5.48. The third kappa shape index (κ3) is 3.87. The number of hydrogen-bond acceptors (Lipinski definition) is 5. The Hall–Kier alpha value is -2.95. The molecule has 24 heavy (non-hydrogen) atoms. The molecule has 122 valence electrons. The van der Waals surface area contributed by atoms with Crippen molar-refractivity contribution in [1.82, 2.24) is 15.2 Å². The molecule has 0 aliphatic rings. The molecule has 3 rings (SSSR count). The van der Waals surface area contributed by atoms with E-state index in [0.717, 1.165) is 24.2 Å². The van der Waals surface area contributed by atoms with Crippen molar-refractivity contribution in [3.8, 4) is 0 Å². The molecule has 0 unspecified atom stereocenters. The van der Waals surface area contributed by atoms with Crippen molar-refractivity contribution in [2.24, 2.45) is 0 Å². The molecule has 0 spiro atoms. The maximum Gasteiger partial charge on any atom is 0.249 e. The summed E-state index contributed by atoms with van der Waals surface area (Å²) in [5.41, 5.74) is 4.52. The molecule has 1 heterocycles. The van der Waals surface area contributed by atoms with Gasteiger partial charge in [0.1, 0.15) is 0 Å². The highest BCUT2D eigenvalue weighted by Gasteiger charge is 2.04. The van der Waals surface area contributed by atoms with Crippen LogP contribution in [0.1, 0.15) is 25.0 Å². The van der Waals surface area contributed by atoms with Gasteiger partial charge in [0.25, 0.3) is 0 Å². The van der Waals surface area contributed by atoms with Gasteiger partial charge in [-0.1, -0.05) is 44.2 Å². The minimum absolute atomic E-state index is 0.471. The summed E-state index contributed by atoms with van der Waals surface area (Å²) >= 11 is 0. The van der Waals surface area contributed by atoms with Gasteiger partial charge in [-0.2, -0.15) is 10.1 Å². The van der Waals surface area contributed by atoms with E-state index in [1.54, 1.807) is 6.20 Å². The first-order chi connectivity index (χ1) is 11.8. The average molecular weight is 319 g/mol. The zero-order valence-corrected chi connectivity index (χ0v) is 14.0. The number of anilines is 4. The zero-order chi connectivity index (χ0) is 16.8. The Labute approximate surface area is 142 Å². The van der Waals surface area contributed by atoms with Gasteiger partial charge in [-0.3, -0.25) is 0 Å². The normalized spacial score (nSPS) is 10.4. The fourth-order valence-corrected chi connectivity index (χ4v) is 2.46. The van der Waals surface area contributed by atoms with E-state index >= 15 is 0 Å². The lowest BCUT2D eigenvalue weighted by Gasteiger charge is -2.11. The Morgan fingerprint density at radius 3 is 2.42 bits per heavy atom. The number of nitrogens with zero attached hydrogens (tertiary/aromatic N) is 3. The molecule has 2 N–H and O–H groups in total. The maximum atomic E-state index is 4.49. The van der Waals surface area contributed by atoms with Gasteiger partial charge < -0.3 is 10.6 Å². The highest BCUT2D eigenvalue weighted by atomic mass is 15.3. The van der Waals surface area contributed by atoms with Crippen LogP contribution in [0.25, 0.3) is 0 Å². The van der Waals surface area contributed by atoms with E-state index in [4.69, 9.17) is 0 Å². The van der Waals surface area contributed by atoms with E-state index < -0.39 is 0 Å². The van der Waals surface area contributed by atoms with Crippen LogP contribution < -0.4 is 10.6 Å². The SMILES string of the molecule is CCc1ccc(Nc2nncc(Nc3ccccc3CC)n2)cc1. The summed E-state index contributed by atoms with van der Waals surface area (Å²) in [6, 6.07) is 16.4. The van der Waals surface area contributed by atoms with E-state index in [1.165, 1.54) is 11.1 Å². The standard InChI is InChI=1S/C19H21N5/c1-3-14-9-11-16(12-10-14)21-19-23-18(13-20-24-19)22-17-8-6-5-7-15(17)4-2/h5-13H,3-4H2,1-2H3,(H2,21,22,23,24). The first kappa shape index (κ1) is 15.9. The van der Waals surface area contributed by atoms with Gasteiger partial charge in [0.05, 0.1) is 6.20 Å². The van der Waals surface area contributed by atoms with Gasteiger partial charge in [-0.15, -0.1) is 5.10 Å². The van der Waals surface area contributed by atoms with Crippen molar-refractivity contribution in [3.05, 3.63) is 65.9 Å². The van der Waals surface area contributed by atoms with E-state index in [1.807, 2.05) is 30.3 Å². The molecule has 2 aromatic carbocycles. The van der Waals surface area contributed by atoms with Gasteiger partial charge in [0, 0.05) is 11.4 Å². The summed E-state index contributed by atoms with van der Waals surface area (Å²) in [5.74, 6) is 1.14. The summed E-state index contributed by atoms with van der Waals surface area (Å²) < 4.78 is 0. The van der Waals surface area contributed by atoms with Crippen molar-refractivity contribution in [1.29, 1.82) is 0 Å². The highest BCUT2D eigenvalue weighted by molar-refractivity contribution is 5.61. The zero-order valence-electron chi connectivity index (χ0n) is 14.0. The Balaban J connectivity index is 1.76. The second-order valence-electron chi connectivity index (χ2n) is 5.48. The predicted molar refractivity (Wildman–Crippen MR) is 98.0 cm³/mol. The predicted octanol–water partition coefficient (Wildman–Crippen LogP) is 4.48. The van der Waals surface area contributed by atoms with Gasteiger partial charge in [0.2, 0.25) is 5.95 Å². The third-order valence-electron chi connectivity index (χ3n) is 3.84. The Morgan fingerprint density at radius 2 is 1.67 bits per heavy atom. The van der Waals surface area contributed by atoms with Crippen LogP contribution in [0.3, 0.4) is 0 Å². The number of aryl methyl sites for hydroxylation is 2. The quantitative estimate of drug-likeness (QED) is 0.701. The van der Waals surface area contributed by atoms with Crippen molar-refractivity contribution in [3.63, 3.8) is 0 Å². The van der Waals surface area contributed by atoms with Crippen LogP contribution in [-0.4, -0.2) is 15.2 Å². The van der Waals surface area contributed by atoms with Crippen molar-refractivity contribution < 1.29 is 0 Å². The maximum absolute atomic E-state index is 4.49. The summed E-state index contributed by atoms with van der Waals surface area (Å²) in [6.07, 6.45) is 3.60. The minimum atomic E-state index is 0.471. The number of aromatic nitrogens is 3. The second kappa shape index (κ2) is 7.55. The summed E-state index contributed by atoms with van der Waals surface area (Å²) in [6.45, 7) is 4.27. The van der Waals surface area contributed by atoms with Gasteiger partial charge in [-0.25, -0.2) is 0 Å². The van der Waals surface area contributed by atoms with Crippen LogP contribution in [0.15, 0.2) is 54.7 Å². The van der Waals surface area contributed by atoms with E-state index in [9.17, 15) is 0 Å². The highest BCUT2D eigenvalue weighted by Crippen LogP contribution is 2.21. The first-order valence-electron chi connectivity index (χ1n) is 8.19. The monoisotopic (exact) mass is 319 g/mol. The minimum Gasteiger partial charge on any atom is -0.339 e. The third-order valence-corrected chi connectivity index (χ3v) is 3.84. The molecule has 1 aromatic heterocycles. The van der Waals surface area contributed by atoms with Gasteiger partial charge >= 0.3 is 0 Å². The molecule has 0 saturated carbocycles. The van der Waals surface area contributed by atoms with Crippen LogP contribution in [-0.2, 0) is 12.8 Å². The summed E-state index contributed by atoms with van der Waals surface area (Å²) in [5, 5.41) is 14.6. The lowest BCUT2D eigenvalue weighted by molar-refractivity contribution is 0.981. The molecule has 0 aliphatic heterocycles. The van der Waals surface area contributed by atoms with Crippen LogP contribution in [0, 0.1) is 0 Å². The summed E-state index contributed by atoms with van der Waals surface area (Å²) in [7, 11) is 0. The molecule has 0 amide bonds. The molecule has 0 atom stereocenters. The Kier molecular flexibility index (Phi) is 5.01. The molecule has 0 bridgehead atoms. The number of benzene rings is 2. The van der Waals surface area contributed by atoms with Crippen molar-refractivity contribution in [2.75, 3.05) is 10.6 Å². The topological polar surface area (TPSA) is 62.7 Å². The molecule has 0 aliphatic carbocycles. The molecule has 5 heteroatoms. The van der Waals surface area contributed by atoms with Crippen LogP contribution in [0.5, 0.6) is 0 Å². The Morgan fingerprint density at radius 1 is 0.875 bits per heavy atom. The molecule has 5 nitrogen and oxygen atoms in total. The molecular formula is C19H21N5. The first-order valence-corrected chi connectivity index (χ1v) is 8.19. The molecule has 0 fully saturated rings. The average Bonchev–Trinajstić information content (AvgIpc) is 2.63. The number of nitrogens with one attached hydrogen (secondary N) is 2. The van der Waals surface area contributed by atoms with E-state index in [2.05, 4.69) is 57.9 Å². The van der Waals surface area contributed by atoms with Crippen LogP contribution >= 0.6 is 0 Å². The van der Waals surface area contributed by atoms with Crippen molar-refractivity contribution >= 4 is 23.1 Å². The Bertz CT molecular complexity index is 799. The molecule has 0 saturated heterocycles. The number of rotatable bonds is 6. The fourth-order valence-electron chi connectivity index (χ4n) is 2.46. The van der Waals surface area contributed by atoms with E-state index in [-0.39, 0.29) is 0 Å². The lowest BCUT2D eigenvalue weighted by Crippen LogP contribution is -2.03. The molecule has 0 radical (unpaired) electrons. The van der Waals surface area contributed by atoms with Crippen LogP contribution in [0.2, 0.25) is 0 Å². The van der Waals surface area contributed by atoms with Gasteiger partial charge in [0.15, 0.2) is 5.82 Å². The van der Waals surface area contributed by atoms with Crippen molar-refractivity contribution in [2.45, 2.75) is 26.7 Å². The summed E-state index contributed by atoms with van der Waals surface area (Å²) in [4.78, 5) is 4.49. The lowest BCUT2D eigenvalue weighted by atomic mass is 10.1. The number of hydrogen-bond donors (Lipinski definition) is 2. The molecule has 3 aromatic rings. The smallest absolute Gasteiger partial charge is 0.249 e.